The molecule has 1 unspecified atom stereocenters. The summed E-state index contributed by atoms with van der Waals surface area (Å²) in [6.07, 6.45) is 4.07. The molecule has 7 nitrogen and oxygen atoms in total. The summed E-state index contributed by atoms with van der Waals surface area (Å²) in [4.78, 5) is 17.7. The van der Waals surface area contributed by atoms with E-state index < -0.39 is 15.6 Å². The number of aromatic nitrogens is 1. The van der Waals surface area contributed by atoms with Crippen molar-refractivity contribution in [1.29, 1.82) is 0 Å². The van der Waals surface area contributed by atoms with Gasteiger partial charge in [0.15, 0.2) is 0 Å². The van der Waals surface area contributed by atoms with Crippen molar-refractivity contribution >= 4 is 26.8 Å². The fourth-order valence-corrected chi connectivity index (χ4v) is 4.49. The van der Waals surface area contributed by atoms with Gasteiger partial charge in [0.05, 0.1) is 11.8 Å². The van der Waals surface area contributed by atoms with Gasteiger partial charge in [0, 0.05) is 44.1 Å². The van der Waals surface area contributed by atoms with Gasteiger partial charge in [0.25, 0.3) is 5.91 Å². The largest absolute Gasteiger partial charge is 0.385 e. The molecule has 0 saturated carbocycles. The first kappa shape index (κ1) is 17.9. The molecule has 2 aromatic rings. The lowest BCUT2D eigenvalue weighted by Gasteiger charge is -2.29. The van der Waals surface area contributed by atoms with Crippen LogP contribution in [0.2, 0.25) is 0 Å². The summed E-state index contributed by atoms with van der Waals surface area (Å²) in [5.74, 6) is -0.0916. The Bertz CT molecular complexity index is 877. The Kier molecular flexibility index (Phi) is 4.86. The van der Waals surface area contributed by atoms with Gasteiger partial charge >= 0.3 is 0 Å². The molecule has 25 heavy (non-hydrogen) atoms. The highest BCUT2D eigenvalue weighted by Crippen LogP contribution is 2.27. The highest BCUT2D eigenvalue weighted by atomic mass is 32.2. The van der Waals surface area contributed by atoms with Crippen molar-refractivity contribution in [3.63, 3.8) is 0 Å². The van der Waals surface area contributed by atoms with Crippen molar-refractivity contribution in [2.24, 2.45) is 0 Å². The zero-order valence-corrected chi connectivity index (χ0v) is 15.2. The van der Waals surface area contributed by atoms with Crippen molar-refractivity contribution in [2.75, 3.05) is 33.1 Å². The molecule has 3 rings (SSSR count). The average Bonchev–Trinajstić information content (AvgIpc) is 3.17. The van der Waals surface area contributed by atoms with Gasteiger partial charge in [-0.1, -0.05) is 6.07 Å². The summed E-state index contributed by atoms with van der Waals surface area (Å²) >= 11 is 0. The van der Waals surface area contributed by atoms with Crippen molar-refractivity contribution < 1.29 is 17.9 Å². The van der Waals surface area contributed by atoms with Gasteiger partial charge in [-0.05, 0) is 36.4 Å². The molecule has 1 amide bonds. The molecule has 1 aliphatic rings. The quantitative estimate of drug-likeness (QED) is 0.808. The van der Waals surface area contributed by atoms with E-state index in [4.69, 9.17) is 4.74 Å². The summed E-state index contributed by atoms with van der Waals surface area (Å²) in [5.41, 5.74) is 0.831. The van der Waals surface area contributed by atoms with Crippen LogP contribution in [0.5, 0.6) is 0 Å². The molecule has 136 valence electrons. The Morgan fingerprint density at radius 1 is 1.40 bits per heavy atom. The minimum absolute atomic E-state index is 0.0916. The van der Waals surface area contributed by atoms with Crippen molar-refractivity contribution in [1.82, 2.24) is 14.6 Å². The fraction of sp³-hybridized carbons (Fsp3) is 0.471. The van der Waals surface area contributed by atoms with Crippen LogP contribution in [-0.4, -0.2) is 62.8 Å². The number of methoxy groups -OCH3 is 1. The number of H-pyrrole nitrogens is 1. The first-order chi connectivity index (χ1) is 11.8. The Hall–Kier alpha value is -1.90. The number of nitrogens with one attached hydrogen (secondary N) is 2. The molecule has 1 atom stereocenters. The molecule has 1 saturated heterocycles. The fourth-order valence-electron chi connectivity index (χ4n) is 3.44. The highest BCUT2D eigenvalue weighted by molar-refractivity contribution is 7.88. The minimum Gasteiger partial charge on any atom is -0.385 e. The van der Waals surface area contributed by atoms with E-state index in [1.807, 2.05) is 24.4 Å². The summed E-state index contributed by atoms with van der Waals surface area (Å²) in [5, 5.41) is 1.05. The third-order valence-corrected chi connectivity index (χ3v) is 5.43. The topological polar surface area (TPSA) is 91.5 Å². The molecule has 0 bridgehead atoms. The van der Waals surface area contributed by atoms with Gasteiger partial charge in [0.2, 0.25) is 10.0 Å². The van der Waals surface area contributed by atoms with Crippen molar-refractivity contribution in [3.8, 4) is 0 Å². The first-order valence-corrected chi connectivity index (χ1v) is 10.1. The van der Waals surface area contributed by atoms with E-state index in [0.717, 1.165) is 17.2 Å². The number of hydrogen-bond donors (Lipinski definition) is 2. The van der Waals surface area contributed by atoms with Gasteiger partial charge in [0.1, 0.15) is 0 Å². The van der Waals surface area contributed by atoms with E-state index in [0.29, 0.717) is 38.1 Å². The number of sulfonamides is 1. The van der Waals surface area contributed by atoms with Crippen LogP contribution in [-0.2, 0) is 14.8 Å². The SMILES string of the molecule is COCCC1(NS(C)(=O)=O)CCN(C(=O)c2ccc3cc[nH]c3c2)C1. The van der Waals surface area contributed by atoms with E-state index >= 15 is 0 Å². The van der Waals surface area contributed by atoms with Gasteiger partial charge in [-0.25, -0.2) is 13.1 Å². The van der Waals surface area contributed by atoms with Crippen LogP contribution in [0.15, 0.2) is 30.5 Å². The lowest BCUT2D eigenvalue weighted by molar-refractivity contribution is 0.0775. The highest BCUT2D eigenvalue weighted by Gasteiger charge is 2.41. The minimum atomic E-state index is -3.38. The second-order valence-electron chi connectivity index (χ2n) is 6.65. The normalized spacial score (nSPS) is 21.1. The number of carbonyl (C=O) groups is 1. The number of carbonyl (C=O) groups excluding carboxylic acids is 1. The second kappa shape index (κ2) is 6.78. The summed E-state index contributed by atoms with van der Waals surface area (Å²) in [6, 6.07) is 7.49. The lowest BCUT2D eigenvalue weighted by atomic mass is 9.96. The number of aromatic amines is 1. The Balaban J connectivity index is 1.79. The van der Waals surface area contributed by atoms with E-state index in [1.165, 1.54) is 0 Å². The van der Waals surface area contributed by atoms with E-state index in [1.54, 1.807) is 18.1 Å². The Morgan fingerprint density at radius 2 is 2.20 bits per heavy atom. The zero-order valence-electron chi connectivity index (χ0n) is 14.4. The maximum absolute atomic E-state index is 12.8. The van der Waals surface area contributed by atoms with Crippen LogP contribution in [0.4, 0.5) is 0 Å². The number of rotatable bonds is 6. The van der Waals surface area contributed by atoms with Crippen LogP contribution >= 0.6 is 0 Å². The molecule has 1 aromatic heterocycles. The molecule has 2 N–H and O–H groups in total. The monoisotopic (exact) mass is 365 g/mol. The average molecular weight is 365 g/mol. The second-order valence-corrected chi connectivity index (χ2v) is 8.40. The lowest BCUT2D eigenvalue weighted by Crippen LogP contribution is -2.51. The summed E-state index contributed by atoms with van der Waals surface area (Å²) in [6.45, 7) is 1.28. The molecule has 1 fully saturated rings. The van der Waals surface area contributed by atoms with Crippen LogP contribution in [0.1, 0.15) is 23.2 Å². The van der Waals surface area contributed by atoms with E-state index in [2.05, 4.69) is 9.71 Å². The number of benzene rings is 1. The summed E-state index contributed by atoms with van der Waals surface area (Å²) in [7, 11) is -1.80. The molecule has 0 spiro atoms. The van der Waals surface area contributed by atoms with Gasteiger partial charge in [-0.15, -0.1) is 0 Å². The number of nitrogens with zero attached hydrogens (tertiary/aromatic N) is 1. The number of likely N-dealkylation sites (tertiary alicyclic amines) is 1. The summed E-state index contributed by atoms with van der Waals surface area (Å²) < 4.78 is 31.4. The Labute approximate surface area is 147 Å². The third-order valence-electron chi connectivity index (χ3n) is 4.63. The molecular weight excluding hydrogens is 342 g/mol. The predicted octanol–water partition coefficient (Wildman–Crippen LogP) is 1.34. The number of fused-ring (bicyclic) bond motifs is 1. The molecule has 0 radical (unpaired) electrons. The standard InChI is InChI=1S/C17H23N3O4S/c1-24-10-7-17(19-25(2,22)23)6-9-20(12-17)16(21)14-4-3-13-5-8-18-15(13)11-14/h3-5,8,11,18-19H,6-7,9-10,12H2,1-2H3. The van der Waals surface area contributed by atoms with E-state index in [-0.39, 0.29) is 5.91 Å². The van der Waals surface area contributed by atoms with Crippen molar-refractivity contribution in [3.05, 3.63) is 36.0 Å². The number of amides is 1. The third kappa shape index (κ3) is 4.02. The molecule has 2 heterocycles. The molecule has 8 heteroatoms. The number of hydrogen-bond acceptors (Lipinski definition) is 4. The van der Waals surface area contributed by atoms with Gasteiger partial charge in [-0.2, -0.15) is 0 Å². The van der Waals surface area contributed by atoms with Crippen LogP contribution in [0, 0.1) is 0 Å². The smallest absolute Gasteiger partial charge is 0.253 e. The van der Waals surface area contributed by atoms with Crippen LogP contribution < -0.4 is 4.72 Å². The molecular formula is C17H23N3O4S. The van der Waals surface area contributed by atoms with Gasteiger partial charge in [-0.3, -0.25) is 4.79 Å². The van der Waals surface area contributed by atoms with E-state index in [9.17, 15) is 13.2 Å². The molecule has 0 aliphatic carbocycles. The zero-order chi connectivity index (χ0) is 18.1. The molecule has 1 aliphatic heterocycles. The van der Waals surface area contributed by atoms with Crippen LogP contribution in [0.25, 0.3) is 10.9 Å². The maximum Gasteiger partial charge on any atom is 0.253 e. The first-order valence-electron chi connectivity index (χ1n) is 8.16. The maximum atomic E-state index is 12.8. The van der Waals surface area contributed by atoms with Crippen molar-refractivity contribution in [2.45, 2.75) is 18.4 Å². The van der Waals surface area contributed by atoms with Gasteiger partial charge < -0.3 is 14.6 Å². The number of ether oxygens (including phenoxy) is 1. The Morgan fingerprint density at radius 3 is 2.92 bits per heavy atom. The predicted molar refractivity (Wildman–Crippen MR) is 96.0 cm³/mol. The van der Waals surface area contributed by atoms with Crippen LogP contribution in [0.3, 0.4) is 0 Å². The molecule has 1 aromatic carbocycles.